The van der Waals surface area contributed by atoms with Crippen LogP contribution in [0, 0.1) is 0 Å². The third-order valence-electron chi connectivity index (χ3n) is 3.51. The fourth-order valence-electron chi connectivity index (χ4n) is 2.32. The minimum absolute atomic E-state index is 0.0780. The van der Waals surface area contributed by atoms with Crippen LogP contribution in [0.1, 0.15) is 19.3 Å². The molecular weight excluding hydrogens is 312 g/mol. The van der Waals surface area contributed by atoms with Crippen LogP contribution in [0.25, 0.3) is 0 Å². The van der Waals surface area contributed by atoms with Gasteiger partial charge in [-0.25, -0.2) is 21.6 Å². The third kappa shape index (κ3) is 4.50. The first-order valence-electron chi connectivity index (χ1n) is 6.82. The van der Waals surface area contributed by atoms with Gasteiger partial charge < -0.3 is 5.32 Å². The van der Waals surface area contributed by atoms with E-state index in [-0.39, 0.29) is 9.79 Å². The van der Waals surface area contributed by atoms with E-state index in [1.165, 1.54) is 24.3 Å². The molecule has 1 heterocycles. The molecule has 6 nitrogen and oxygen atoms in total. The van der Waals surface area contributed by atoms with Crippen LogP contribution in [0.4, 0.5) is 0 Å². The zero-order valence-corrected chi connectivity index (χ0v) is 13.5. The van der Waals surface area contributed by atoms with Crippen molar-refractivity contribution in [3.05, 3.63) is 24.3 Å². The maximum atomic E-state index is 12.1. The zero-order chi connectivity index (χ0) is 15.5. The van der Waals surface area contributed by atoms with Crippen LogP contribution in [-0.4, -0.2) is 42.2 Å². The van der Waals surface area contributed by atoms with Gasteiger partial charge in [-0.15, -0.1) is 0 Å². The summed E-state index contributed by atoms with van der Waals surface area (Å²) in [4.78, 5) is 0.186. The lowest BCUT2D eigenvalue weighted by atomic mass is 10.2. The van der Waals surface area contributed by atoms with Gasteiger partial charge in [0.25, 0.3) is 0 Å². The SMILES string of the molecule is CS(=O)(=O)c1ccc(S(=O)(=O)NCC[C@@H]2CCCN2)cc1. The molecule has 0 aromatic heterocycles. The second kappa shape index (κ2) is 6.43. The van der Waals surface area contributed by atoms with Crippen molar-refractivity contribution in [1.82, 2.24) is 10.0 Å². The maximum Gasteiger partial charge on any atom is 0.240 e. The van der Waals surface area contributed by atoms with Gasteiger partial charge in [-0.2, -0.15) is 0 Å². The van der Waals surface area contributed by atoms with Crippen LogP contribution in [-0.2, 0) is 19.9 Å². The van der Waals surface area contributed by atoms with Gasteiger partial charge in [-0.3, -0.25) is 0 Å². The lowest BCUT2D eigenvalue weighted by Gasteiger charge is -2.11. The number of hydrogen-bond donors (Lipinski definition) is 2. The quantitative estimate of drug-likeness (QED) is 0.792. The molecule has 21 heavy (non-hydrogen) atoms. The van der Waals surface area contributed by atoms with Crippen LogP contribution in [0.2, 0.25) is 0 Å². The van der Waals surface area contributed by atoms with Gasteiger partial charge in [-0.05, 0) is 50.1 Å². The van der Waals surface area contributed by atoms with E-state index < -0.39 is 19.9 Å². The van der Waals surface area contributed by atoms with Crippen LogP contribution >= 0.6 is 0 Å². The second-order valence-corrected chi connectivity index (χ2v) is 9.01. The summed E-state index contributed by atoms with van der Waals surface area (Å²) in [7, 11) is -6.90. The summed E-state index contributed by atoms with van der Waals surface area (Å²) in [5.74, 6) is 0. The Hall–Kier alpha value is -0.960. The topological polar surface area (TPSA) is 92.3 Å². The Morgan fingerprint density at radius 1 is 1.14 bits per heavy atom. The first kappa shape index (κ1) is 16.4. The van der Waals surface area contributed by atoms with Crippen molar-refractivity contribution in [3.8, 4) is 0 Å². The van der Waals surface area contributed by atoms with Gasteiger partial charge in [0, 0.05) is 18.8 Å². The molecule has 2 rings (SSSR count). The highest BCUT2D eigenvalue weighted by atomic mass is 32.2. The predicted molar refractivity (Wildman–Crippen MR) is 80.4 cm³/mol. The van der Waals surface area contributed by atoms with E-state index in [4.69, 9.17) is 0 Å². The highest BCUT2D eigenvalue weighted by Gasteiger charge is 2.17. The van der Waals surface area contributed by atoms with E-state index in [1.807, 2.05) is 0 Å². The fourth-order valence-corrected chi connectivity index (χ4v) is 4.00. The average Bonchev–Trinajstić information content (AvgIpc) is 2.91. The second-order valence-electron chi connectivity index (χ2n) is 5.22. The minimum Gasteiger partial charge on any atom is -0.314 e. The molecule has 1 aromatic carbocycles. The Bertz CT molecular complexity index is 675. The average molecular weight is 332 g/mol. The molecule has 0 amide bonds. The standard InChI is InChI=1S/C13H20N2O4S2/c1-20(16,17)12-4-6-13(7-5-12)21(18,19)15-10-8-11-3-2-9-14-11/h4-7,11,14-15H,2-3,8-10H2,1H3/t11-/m0/s1. The van der Waals surface area contributed by atoms with Crippen molar-refractivity contribution in [3.63, 3.8) is 0 Å². The van der Waals surface area contributed by atoms with Gasteiger partial charge in [-0.1, -0.05) is 0 Å². The monoisotopic (exact) mass is 332 g/mol. The summed E-state index contributed by atoms with van der Waals surface area (Å²) >= 11 is 0. The van der Waals surface area contributed by atoms with Crippen molar-refractivity contribution in [2.45, 2.75) is 35.1 Å². The van der Waals surface area contributed by atoms with Crippen molar-refractivity contribution < 1.29 is 16.8 Å². The van der Waals surface area contributed by atoms with E-state index in [2.05, 4.69) is 10.0 Å². The maximum absolute atomic E-state index is 12.1. The molecule has 0 bridgehead atoms. The molecule has 1 fully saturated rings. The van der Waals surface area contributed by atoms with Crippen molar-refractivity contribution in [1.29, 1.82) is 0 Å². The molecule has 1 aromatic rings. The molecule has 0 unspecified atom stereocenters. The highest BCUT2D eigenvalue weighted by Crippen LogP contribution is 2.14. The number of sulfone groups is 1. The number of nitrogens with one attached hydrogen (secondary N) is 2. The summed E-state index contributed by atoms with van der Waals surface area (Å²) in [6, 6.07) is 5.62. The van der Waals surface area contributed by atoms with Gasteiger partial charge in [0.05, 0.1) is 9.79 Å². The van der Waals surface area contributed by atoms with Crippen LogP contribution < -0.4 is 10.0 Å². The summed E-state index contributed by atoms with van der Waals surface area (Å²) < 4.78 is 49.4. The van der Waals surface area contributed by atoms with Crippen molar-refractivity contribution in [2.24, 2.45) is 0 Å². The van der Waals surface area contributed by atoms with Crippen molar-refractivity contribution in [2.75, 3.05) is 19.3 Å². The van der Waals surface area contributed by atoms with E-state index in [9.17, 15) is 16.8 Å². The molecule has 0 spiro atoms. The number of sulfonamides is 1. The molecule has 1 aliphatic heterocycles. The molecule has 1 atom stereocenters. The highest BCUT2D eigenvalue weighted by molar-refractivity contribution is 7.90. The smallest absolute Gasteiger partial charge is 0.240 e. The molecule has 1 aliphatic rings. The van der Waals surface area contributed by atoms with E-state index >= 15 is 0 Å². The Kier molecular flexibility index (Phi) is 5.03. The minimum atomic E-state index is -3.59. The first-order valence-corrected chi connectivity index (χ1v) is 10.2. The Morgan fingerprint density at radius 2 is 1.76 bits per heavy atom. The molecular formula is C13H20N2O4S2. The Morgan fingerprint density at radius 3 is 2.29 bits per heavy atom. The molecule has 2 N–H and O–H groups in total. The van der Waals surface area contributed by atoms with E-state index in [0.29, 0.717) is 12.6 Å². The number of hydrogen-bond acceptors (Lipinski definition) is 5. The summed E-state index contributed by atoms with van der Waals surface area (Å²) in [6.07, 6.45) is 4.04. The molecule has 8 heteroatoms. The van der Waals surface area contributed by atoms with Crippen molar-refractivity contribution >= 4 is 19.9 Å². The number of rotatable bonds is 6. The Balaban J connectivity index is 1.98. The summed E-state index contributed by atoms with van der Waals surface area (Å²) in [6.45, 7) is 1.36. The predicted octanol–water partition coefficient (Wildman–Crippen LogP) is 0.511. The summed E-state index contributed by atoms with van der Waals surface area (Å²) in [5, 5.41) is 3.31. The van der Waals surface area contributed by atoms with Gasteiger partial charge in [0.2, 0.25) is 10.0 Å². The van der Waals surface area contributed by atoms with Crippen LogP contribution in [0.3, 0.4) is 0 Å². The Labute approximate surface area is 125 Å². The number of benzene rings is 1. The first-order chi connectivity index (χ1) is 9.79. The zero-order valence-electron chi connectivity index (χ0n) is 11.9. The molecule has 0 aliphatic carbocycles. The lowest BCUT2D eigenvalue weighted by molar-refractivity contribution is 0.539. The molecule has 118 valence electrons. The van der Waals surface area contributed by atoms with E-state index in [0.717, 1.165) is 32.1 Å². The van der Waals surface area contributed by atoms with E-state index in [1.54, 1.807) is 0 Å². The van der Waals surface area contributed by atoms with Crippen LogP contribution in [0.15, 0.2) is 34.1 Å². The molecule has 0 radical (unpaired) electrons. The lowest BCUT2D eigenvalue weighted by Crippen LogP contribution is -2.30. The van der Waals surface area contributed by atoms with Crippen LogP contribution in [0.5, 0.6) is 0 Å². The van der Waals surface area contributed by atoms with Gasteiger partial charge in [0.15, 0.2) is 9.84 Å². The largest absolute Gasteiger partial charge is 0.314 e. The van der Waals surface area contributed by atoms with Gasteiger partial charge >= 0.3 is 0 Å². The summed E-state index contributed by atoms with van der Waals surface area (Å²) in [5.41, 5.74) is 0. The van der Waals surface area contributed by atoms with Gasteiger partial charge in [0.1, 0.15) is 0 Å². The normalized spacial score (nSPS) is 19.8. The molecule has 1 saturated heterocycles. The third-order valence-corrected chi connectivity index (χ3v) is 6.11. The fraction of sp³-hybridized carbons (Fsp3) is 0.538. The molecule has 0 saturated carbocycles.